The maximum atomic E-state index is 9.12. The molecule has 0 saturated carbocycles. The molecule has 1 heterocycles. The summed E-state index contributed by atoms with van der Waals surface area (Å²) >= 11 is 0. The van der Waals surface area contributed by atoms with Crippen molar-refractivity contribution in [1.82, 2.24) is 5.32 Å². The van der Waals surface area contributed by atoms with Crippen LogP contribution in [0.5, 0.6) is 5.75 Å². The number of rotatable bonds is 2. The van der Waals surface area contributed by atoms with Gasteiger partial charge in [0.25, 0.3) is 0 Å². The summed E-state index contributed by atoms with van der Waals surface area (Å²) in [5.41, 5.74) is 1.08. The average Bonchev–Trinajstić information content (AvgIpc) is 2.23. The van der Waals surface area contributed by atoms with Crippen LogP contribution in [0.3, 0.4) is 0 Å². The number of phenols is 1. The minimum Gasteiger partial charge on any atom is -0.508 e. The van der Waals surface area contributed by atoms with E-state index in [0.29, 0.717) is 11.8 Å². The normalized spacial score (nSPS) is 21.9. The van der Waals surface area contributed by atoms with Gasteiger partial charge in [-0.15, -0.1) is 0 Å². The van der Waals surface area contributed by atoms with Gasteiger partial charge in [0.2, 0.25) is 0 Å². The third-order valence-electron chi connectivity index (χ3n) is 2.53. The van der Waals surface area contributed by atoms with Crippen LogP contribution in [0.25, 0.3) is 0 Å². The molecule has 1 atom stereocenters. The van der Waals surface area contributed by atoms with Gasteiger partial charge in [0.05, 0.1) is 0 Å². The highest BCUT2D eigenvalue weighted by Gasteiger charge is 2.11. The first-order chi connectivity index (χ1) is 6.84. The molecule has 1 aromatic carbocycles. The maximum Gasteiger partial charge on any atom is 0.115 e. The summed E-state index contributed by atoms with van der Waals surface area (Å²) < 4.78 is 0. The average molecular weight is 192 g/mol. The quantitative estimate of drug-likeness (QED) is 0.623. The highest BCUT2D eigenvalue weighted by Crippen LogP contribution is 2.16. The summed E-state index contributed by atoms with van der Waals surface area (Å²) in [6.45, 7) is 2.16. The lowest BCUT2D eigenvalue weighted by Crippen LogP contribution is -2.38. The molecule has 1 fully saturated rings. The zero-order valence-corrected chi connectivity index (χ0v) is 8.16. The molecule has 1 aliphatic heterocycles. The van der Waals surface area contributed by atoms with Crippen molar-refractivity contribution in [3.05, 3.63) is 24.3 Å². The molecule has 1 aliphatic rings. The fourth-order valence-electron chi connectivity index (χ4n) is 1.77. The van der Waals surface area contributed by atoms with Gasteiger partial charge in [0, 0.05) is 18.3 Å². The summed E-state index contributed by atoms with van der Waals surface area (Å²) in [7, 11) is 0. The number of aromatic hydroxyl groups is 1. The van der Waals surface area contributed by atoms with Gasteiger partial charge < -0.3 is 15.7 Å². The second-order valence-electron chi connectivity index (χ2n) is 3.73. The van der Waals surface area contributed by atoms with Crippen molar-refractivity contribution in [1.29, 1.82) is 0 Å². The van der Waals surface area contributed by atoms with Crippen molar-refractivity contribution >= 4 is 5.69 Å². The van der Waals surface area contributed by atoms with E-state index in [4.69, 9.17) is 5.11 Å². The molecule has 0 radical (unpaired) electrons. The molecule has 0 spiro atoms. The van der Waals surface area contributed by atoms with E-state index in [1.54, 1.807) is 12.1 Å². The number of benzene rings is 1. The highest BCUT2D eigenvalue weighted by atomic mass is 16.3. The van der Waals surface area contributed by atoms with Crippen molar-refractivity contribution in [2.24, 2.45) is 0 Å². The van der Waals surface area contributed by atoms with E-state index in [1.165, 1.54) is 12.8 Å². The third-order valence-corrected chi connectivity index (χ3v) is 2.53. The molecular weight excluding hydrogens is 176 g/mol. The Hall–Kier alpha value is -1.22. The zero-order chi connectivity index (χ0) is 9.80. The van der Waals surface area contributed by atoms with Crippen LogP contribution >= 0.6 is 0 Å². The Kier molecular flexibility index (Phi) is 2.89. The zero-order valence-electron chi connectivity index (χ0n) is 8.16. The summed E-state index contributed by atoms with van der Waals surface area (Å²) in [6.07, 6.45) is 2.45. The number of anilines is 1. The molecular formula is C11H16N2O. The Morgan fingerprint density at radius 3 is 2.71 bits per heavy atom. The third kappa shape index (κ3) is 2.39. The fourth-order valence-corrected chi connectivity index (χ4v) is 1.77. The summed E-state index contributed by atoms with van der Waals surface area (Å²) in [5.74, 6) is 0.317. The lowest BCUT2D eigenvalue weighted by molar-refractivity contribution is 0.474. The first-order valence-corrected chi connectivity index (χ1v) is 5.11. The maximum absolute atomic E-state index is 9.12. The summed E-state index contributed by atoms with van der Waals surface area (Å²) in [4.78, 5) is 0. The van der Waals surface area contributed by atoms with Gasteiger partial charge in [0.15, 0.2) is 0 Å². The van der Waals surface area contributed by atoms with Crippen molar-refractivity contribution in [3.63, 3.8) is 0 Å². The predicted octanol–water partition coefficient (Wildman–Crippen LogP) is 1.56. The van der Waals surface area contributed by atoms with E-state index in [0.717, 1.165) is 18.8 Å². The van der Waals surface area contributed by atoms with Crippen molar-refractivity contribution < 1.29 is 5.11 Å². The monoisotopic (exact) mass is 192 g/mol. The van der Waals surface area contributed by atoms with Crippen LogP contribution in [0, 0.1) is 0 Å². The van der Waals surface area contributed by atoms with Crippen molar-refractivity contribution in [2.75, 3.05) is 18.4 Å². The minimum atomic E-state index is 0.317. The van der Waals surface area contributed by atoms with Crippen LogP contribution in [-0.4, -0.2) is 24.2 Å². The molecule has 0 bridgehead atoms. The molecule has 1 unspecified atom stereocenters. The molecule has 3 N–H and O–H groups in total. The first-order valence-electron chi connectivity index (χ1n) is 5.11. The van der Waals surface area contributed by atoms with E-state index in [9.17, 15) is 0 Å². The Bertz CT molecular complexity index is 278. The molecule has 1 aromatic rings. The minimum absolute atomic E-state index is 0.317. The van der Waals surface area contributed by atoms with Gasteiger partial charge in [-0.3, -0.25) is 0 Å². The van der Waals surface area contributed by atoms with E-state index in [-0.39, 0.29) is 0 Å². The van der Waals surface area contributed by atoms with Gasteiger partial charge in [-0.2, -0.15) is 0 Å². The Morgan fingerprint density at radius 1 is 1.29 bits per heavy atom. The van der Waals surface area contributed by atoms with Crippen LogP contribution in [0.2, 0.25) is 0 Å². The predicted molar refractivity (Wildman–Crippen MR) is 57.6 cm³/mol. The Morgan fingerprint density at radius 2 is 2.07 bits per heavy atom. The lowest BCUT2D eigenvalue weighted by Gasteiger charge is -2.24. The summed E-state index contributed by atoms with van der Waals surface area (Å²) in [6, 6.07) is 7.75. The molecule has 76 valence electrons. The molecule has 0 aromatic heterocycles. The van der Waals surface area contributed by atoms with E-state index in [2.05, 4.69) is 10.6 Å². The SMILES string of the molecule is Oc1ccc(NC2CCCNC2)cc1. The summed E-state index contributed by atoms with van der Waals surface area (Å²) in [5, 5.41) is 15.9. The molecule has 1 saturated heterocycles. The van der Waals surface area contributed by atoms with Gasteiger partial charge in [-0.1, -0.05) is 0 Å². The van der Waals surface area contributed by atoms with Gasteiger partial charge in [-0.25, -0.2) is 0 Å². The smallest absolute Gasteiger partial charge is 0.115 e. The van der Waals surface area contributed by atoms with Gasteiger partial charge in [0.1, 0.15) is 5.75 Å². The largest absolute Gasteiger partial charge is 0.508 e. The fraction of sp³-hybridized carbons (Fsp3) is 0.455. The van der Waals surface area contributed by atoms with Crippen LogP contribution in [0.4, 0.5) is 5.69 Å². The van der Waals surface area contributed by atoms with Crippen LogP contribution in [0.15, 0.2) is 24.3 Å². The molecule has 3 nitrogen and oxygen atoms in total. The number of phenolic OH excluding ortho intramolecular Hbond substituents is 1. The lowest BCUT2D eigenvalue weighted by atomic mass is 10.1. The standard InChI is InChI=1S/C11H16N2O/c14-11-5-3-9(4-6-11)13-10-2-1-7-12-8-10/h3-6,10,12-14H,1-2,7-8H2. The molecule has 14 heavy (non-hydrogen) atoms. The van der Waals surface area contributed by atoms with Crippen molar-refractivity contribution in [2.45, 2.75) is 18.9 Å². The second kappa shape index (κ2) is 4.33. The molecule has 0 aliphatic carbocycles. The van der Waals surface area contributed by atoms with Crippen LogP contribution < -0.4 is 10.6 Å². The van der Waals surface area contributed by atoms with E-state index < -0.39 is 0 Å². The van der Waals surface area contributed by atoms with Gasteiger partial charge >= 0.3 is 0 Å². The van der Waals surface area contributed by atoms with Crippen LogP contribution in [-0.2, 0) is 0 Å². The molecule has 2 rings (SSSR count). The highest BCUT2D eigenvalue weighted by molar-refractivity contribution is 5.46. The number of nitrogens with one attached hydrogen (secondary N) is 2. The van der Waals surface area contributed by atoms with Gasteiger partial charge in [-0.05, 0) is 43.7 Å². The van der Waals surface area contributed by atoms with E-state index in [1.807, 2.05) is 12.1 Å². The molecule has 0 amide bonds. The number of piperidine rings is 1. The number of hydrogen-bond acceptors (Lipinski definition) is 3. The van der Waals surface area contributed by atoms with E-state index >= 15 is 0 Å². The topological polar surface area (TPSA) is 44.3 Å². The Labute approximate surface area is 84.1 Å². The van der Waals surface area contributed by atoms with Crippen LogP contribution in [0.1, 0.15) is 12.8 Å². The first kappa shape index (κ1) is 9.34. The van der Waals surface area contributed by atoms with Crippen molar-refractivity contribution in [3.8, 4) is 5.75 Å². The second-order valence-corrected chi connectivity index (χ2v) is 3.73. The number of hydrogen-bond donors (Lipinski definition) is 3. The molecule has 3 heteroatoms. The Balaban J connectivity index is 1.92.